The van der Waals surface area contributed by atoms with Crippen LogP contribution in [0.3, 0.4) is 0 Å². The number of aromatic nitrogens is 2. The van der Waals surface area contributed by atoms with Crippen molar-refractivity contribution in [3.63, 3.8) is 0 Å². The fraction of sp³-hybridized carbons (Fsp3) is 0.444. The normalized spacial score (nSPS) is 11.3. The molecule has 0 aliphatic rings. The van der Waals surface area contributed by atoms with Crippen molar-refractivity contribution in [3.05, 3.63) is 47.3 Å². The number of carbonyl (C=O) groups excluding carboxylic acids is 1. The minimum atomic E-state index is -0.00522. The van der Waals surface area contributed by atoms with Crippen molar-refractivity contribution in [2.24, 2.45) is 0 Å². The summed E-state index contributed by atoms with van der Waals surface area (Å²) in [7, 11) is 3.42. The van der Waals surface area contributed by atoms with Gasteiger partial charge >= 0.3 is 0 Å². The molecule has 5 heteroatoms. The van der Waals surface area contributed by atoms with E-state index in [4.69, 9.17) is 4.74 Å². The number of methoxy groups -OCH3 is 1. The fourth-order valence-corrected chi connectivity index (χ4v) is 2.32. The number of nitrogens with one attached hydrogen (secondary N) is 1. The topological polar surface area (TPSA) is 58.2 Å². The Hall–Kier alpha value is -2.30. The summed E-state index contributed by atoms with van der Waals surface area (Å²) in [4.78, 5) is 14.1. The van der Waals surface area contributed by atoms with Gasteiger partial charge in [-0.2, -0.15) is 5.10 Å². The molecule has 5 nitrogen and oxygen atoms in total. The van der Waals surface area contributed by atoms with Crippen molar-refractivity contribution < 1.29 is 9.53 Å². The Morgan fingerprint density at radius 3 is 2.61 bits per heavy atom. The molecule has 0 fully saturated rings. The van der Waals surface area contributed by atoms with Crippen LogP contribution in [0.1, 0.15) is 37.7 Å². The van der Waals surface area contributed by atoms with Crippen LogP contribution in [0.5, 0.6) is 5.75 Å². The maximum Gasteiger partial charge on any atom is 0.227 e. The monoisotopic (exact) mass is 315 g/mol. The van der Waals surface area contributed by atoms with Gasteiger partial charge in [-0.05, 0) is 12.1 Å². The molecule has 0 unspecified atom stereocenters. The van der Waals surface area contributed by atoms with Gasteiger partial charge in [0.15, 0.2) is 0 Å². The minimum absolute atomic E-state index is 0.00522. The van der Waals surface area contributed by atoms with Crippen LogP contribution < -0.4 is 4.74 Å². The lowest BCUT2D eigenvalue weighted by atomic mass is 9.92. The summed E-state index contributed by atoms with van der Waals surface area (Å²) >= 11 is 0. The second-order valence-electron chi connectivity index (χ2n) is 6.77. The smallest absolute Gasteiger partial charge is 0.227 e. The van der Waals surface area contributed by atoms with Gasteiger partial charge in [0.25, 0.3) is 0 Å². The van der Waals surface area contributed by atoms with E-state index in [2.05, 4.69) is 31.0 Å². The van der Waals surface area contributed by atoms with E-state index < -0.39 is 0 Å². The molecular formula is C18H25N3O2. The van der Waals surface area contributed by atoms with E-state index in [1.807, 2.05) is 30.3 Å². The van der Waals surface area contributed by atoms with Gasteiger partial charge in [0, 0.05) is 18.0 Å². The number of aromatic amines is 1. The van der Waals surface area contributed by atoms with Crippen LogP contribution >= 0.6 is 0 Å². The summed E-state index contributed by atoms with van der Waals surface area (Å²) < 4.78 is 5.30. The molecule has 0 saturated heterocycles. The predicted octanol–water partition coefficient (Wildman–Crippen LogP) is 2.92. The van der Waals surface area contributed by atoms with Crippen LogP contribution in [-0.2, 0) is 23.2 Å². The lowest BCUT2D eigenvalue weighted by Crippen LogP contribution is -2.28. The van der Waals surface area contributed by atoms with Crippen LogP contribution in [0, 0.1) is 0 Å². The van der Waals surface area contributed by atoms with E-state index in [0.29, 0.717) is 13.0 Å². The lowest BCUT2D eigenvalue weighted by molar-refractivity contribution is -0.129. The van der Waals surface area contributed by atoms with E-state index in [1.165, 1.54) is 0 Å². The zero-order valence-electron chi connectivity index (χ0n) is 14.5. The summed E-state index contributed by atoms with van der Waals surface area (Å²) in [5.41, 5.74) is 2.82. The molecule has 0 bridgehead atoms. The van der Waals surface area contributed by atoms with Crippen molar-refractivity contribution in [2.45, 2.75) is 39.2 Å². The molecule has 0 spiro atoms. The van der Waals surface area contributed by atoms with Gasteiger partial charge in [-0.25, -0.2) is 0 Å². The molecule has 2 rings (SSSR count). The van der Waals surface area contributed by atoms with E-state index in [0.717, 1.165) is 22.7 Å². The maximum atomic E-state index is 12.4. The highest BCUT2D eigenvalue weighted by Gasteiger charge is 2.19. The summed E-state index contributed by atoms with van der Waals surface area (Å²) in [6, 6.07) is 9.61. The highest BCUT2D eigenvalue weighted by molar-refractivity contribution is 5.79. The Morgan fingerprint density at radius 1 is 1.30 bits per heavy atom. The molecule has 0 aliphatic heterocycles. The summed E-state index contributed by atoms with van der Waals surface area (Å²) in [6.45, 7) is 6.85. The molecule has 0 aliphatic carbocycles. The van der Waals surface area contributed by atoms with E-state index in [1.54, 1.807) is 19.1 Å². The van der Waals surface area contributed by atoms with E-state index >= 15 is 0 Å². The van der Waals surface area contributed by atoms with Gasteiger partial charge in [-0.1, -0.05) is 39.0 Å². The molecule has 1 N–H and O–H groups in total. The SMILES string of the molecule is COc1ccccc1CC(=O)N(C)Cc1cc(C(C)(C)C)n[nH]1. The van der Waals surface area contributed by atoms with Crippen molar-refractivity contribution in [2.75, 3.05) is 14.2 Å². The zero-order valence-corrected chi connectivity index (χ0v) is 14.5. The summed E-state index contributed by atoms with van der Waals surface area (Å²) in [6.07, 6.45) is 0.320. The van der Waals surface area contributed by atoms with Crippen molar-refractivity contribution in [1.29, 1.82) is 0 Å². The molecule has 1 aromatic carbocycles. The summed E-state index contributed by atoms with van der Waals surface area (Å²) in [5.74, 6) is 0.784. The predicted molar refractivity (Wildman–Crippen MR) is 90.5 cm³/mol. The van der Waals surface area contributed by atoms with Crippen LogP contribution in [-0.4, -0.2) is 35.2 Å². The first-order chi connectivity index (χ1) is 10.8. The van der Waals surface area contributed by atoms with Gasteiger partial charge < -0.3 is 9.64 Å². The maximum absolute atomic E-state index is 12.4. The number of H-pyrrole nitrogens is 1. The molecule has 2 aromatic rings. The molecule has 124 valence electrons. The molecule has 1 amide bonds. The van der Waals surface area contributed by atoms with Gasteiger partial charge in [0.1, 0.15) is 5.75 Å². The second-order valence-corrected chi connectivity index (χ2v) is 6.77. The quantitative estimate of drug-likeness (QED) is 0.923. The van der Waals surface area contributed by atoms with Crippen LogP contribution in [0.2, 0.25) is 0 Å². The number of ether oxygens (including phenoxy) is 1. The minimum Gasteiger partial charge on any atom is -0.496 e. The van der Waals surface area contributed by atoms with Crippen molar-refractivity contribution >= 4 is 5.91 Å². The number of likely N-dealkylation sites (N-methyl/N-ethyl adjacent to an activating group) is 1. The van der Waals surface area contributed by atoms with E-state index in [-0.39, 0.29) is 11.3 Å². The van der Waals surface area contributed by atoms with E-state index in [9.17, 15) is 4.79 Å². The first-order valence-electron chi connectivity index (χ1n) is 7.72. The first-order valence-corrected chi connectivity index (χ1v) is 7.72. The Bertz CT molecular complexity index is 671. The zero-order chi connectivity index (χ0) is 17.0. The summed E-state index contributed by atoms with van der Waals surface area (Å²) in [5, 5.41) is 7.34. The van der Waals surface area contributed by atoms with Crippen LogP contribution in [0.4, 0.5) is 0 Å². The number of amides is 1. The highest BCUT2D eigenvalue weighted by atomic mass is 16.5. The number of hydrogen-bond donors (Lipinski definition) is 1. The van der Waals surface area contributed by atoms with Crippen molar-refractivity contribution in [3.8, 4) is 5.75 Å². The number of nitrogens with zero attached hydrogens (tertiary/aromatic N) is 2. The average molecular weight is 315 g/mol. The number of benzene rings is 1. The number of para-hydroxylation sites is 1. The third kappa shape index (κ3) is 4.34. The standard InChI is InChI=1S/C18H25N3O2/c1-18(2,3)16-11-14(19-20-16)12-21(4)17(22)10-13-8-6-7-9-15(13)23-5/h6-9,11H,10,12H2,1-5H3,(H,19,20). The number of carbonyl (C=O) groups is 1. The van der Waals surface area contributed by atoms with Gasteiger partial charge in [0.05, 0.1) is 31.5 Å². The van der Waals surface area contributed by atoms with Gasteiger partial charge in [-0.3, -0.25) is 9.89 Å². The molecule has 23 heavy (non-hydrogen) atoms. The fourth-order valence-electron chi connectivity index (χ4n) is 2.32. The number of hydrogen-bond acceptors (Lipinski definition) is 3. The lowest BCUT2D eigenvalue weighted by Gasteiger charge is -2.17. The number of rotatable bonds is 5. The van der Waals surface area contributed by atoms with Gasteiger partial charge in [-0.15, -0.1) is 0 Å². The Balaban J connectivity index is 2.01. The molecule has 1 aromatic heterocycles. The largest absolute Gasteiger partial charge is 0.496 e. The third-order valence-electron chi connectivity index (χ3n) is 3.77. The molecule has 0 atom stereocenters. The van der Waals surface area contributed by atoms with Crippen LogP contribution in [0.15, 0.2) is 30.3 Å². The second kappa shape index (κ2) is 6.86. The Kier molecular flexibility index (Phi) is 5.08. The molecule has 0 radical (unpaired) electrons. The third-order valence-corrected chi connectivity index (χ3v) is 3.77. The first kappa shape index (κ1) is 17.1. The Labute approximate surface area is 137 Å². The molecular weight excluding hydrogens is 290 g/mol. The highest BCUT2D eigenvalue weighted by Crippen LogP contribution is 2.21. The van der Waals surface area contributed by atoms with Gasteiger partial charge in [0.2, 0.25) is 5.91 Å². The Morgan fingerprint density at radius 2 is 2.00 bits per heavy atom. The van der Waals surface area contributed by atoms with Crippen molar-refractivity contribution in [1.82, 2.24) is 15.1 Å². The average Bonchev–Trinajstić information content (AvgIpc) is 2.96. The molecule has 0 saturated carbocycles. The molecule has 1 heterocycles. The van der Waals surface area contributed by atoms with Crippen LogP contribution in [0.25, 0.3) is 0 Å².